The van der Waals surface area contributed by atoms with E-state index in [0.717, 1.165) is 47.3 Å². The van der Waals surface area contributed by atoms with Gasteiger partial charge in [-0.2, -0.15) is 0 Å². The molecule has 0 saturated carbocycles. The predicted molar refractivity (Wildman–Crippen MR) is 286 cm³/mol. The Morgan fingerprint density at radius 3 is 2.19 bits per heavy atom. The smallest absolute Gasteiger partial charge is 0.421 e. The molecule has 0 radical (unpaired) electrons. The van der Waals surface area contributed by atoms with Gasteiger partial charge in [0.2, 0.25) is 11.8 Å². The molecule has 0 unspecified atom stereocenters. The van der Waals surface area contributed by atoms with Crippen LogP contribution in [0.5, 0.6) is 17.2 Å². The maximum absolute atomic E-state index is 17.0. The van der Waals surface area contributed by atoms with Crippen molar-refractivity contribution >= 4 is 35.3 Å². The molecule has 4 heterocycles. The van der Waals surface area contributed by atoms with E-state index in [1.54, 1.807) is 54.5 Å². The van der Waals surface area contributed by atoms with Crippen molar-refractivity contribution in [2.45, 2.75) is 74.9 Å². The van der Waals surface area contributed by atoms with E-state index < -0.39 is 64.4 Å². The number of fused-ring (bicyclic) bond motifs is 4. The van der Waals surface area contributed by atoms with Crippen molar-refractivity contribution in [2.75, 3.05) is 38.9 Å². The van der Waals surface area contributed by atoms with Gasteiger partial charge in [0.15, 0.2) is 11.5 Å². The van der Waals surface area contributed by atoms with Crippen LogP contribution in [0.3, 0.4) is 0 Å². The highest BCUT2D eigenvalue weighted by Crippen LogP contribution is 2.67. The molecule has 6 aromatic rings. The topological polar surface area (TPSA) is 188 Å². The maximum atomic E-state index is 17.0. The summed E-state index contributed by atoms with van der Waals surface area (Å²) in [7, 11) is 3.09. The van der Waals surface area contributed by atoms with Crippen molar-refractivity contribution < 1.29 is 52.9 Å². The van der Waals surface area contributed by atoms with E-state index in [0.29, 0.717) is 45.7 Å². The molecule has 5 aliphatic rings. The lowest BCUT2D eigenvalue weighted by Gasteiger charge is -2.46. The largest absolute Gasteiger partial charge is 0.493 e. The van der Waals surface area contributed by atoms with Crippen LogP contribution in [0.1, 0.15) is 88.4 Å². The Morgan fingerprint density at radius 2 is 1.50 bits per heavy atom. The van der Waals surface area contributed by atoms with Crippen molar-refractivity contribution in [2.24, 2.45) is 5.92 Å². The van der Waals surface area contributed by atoms with Gasteiger partial charge in [-0.05, 0) is 120 Å². The van der Waals surface area contributed by atoms with Crippen molar-refractivity contribution in [1.82, 2.24) is 9.80 Å². The van der Waals surface area contributed by atoms with Crippen LogP contribution in [0.25, 0.3) is 0 Å². The number of carbonyl (C=O) groups excluding carboxylic acids is 4. The number of para-hydroxylation sites is 1. The number of imide groups is 1. The second-order valence-electron chi connectivity index (χ2n) is 19.9. The number of amides is 3. The molecule has 1 N–H and O–H groups in total. The van der Waals surface area contributed by atoms with E-state index >= 15 is 19.2 Å². The average Bonchev–Trinajstić information content (AvgIpc) is 2.95. The van der Waals surface area contributed by atoms with Crippen LogP contribution in [0.4, 0.5) is 16.2 Å². The normalized spacial score (nSPS) is 22.2. The molecule has 4 aliphatic heterocycles. The van der Waals surface area contributed by atoms with Crippen molar-refractivity contribution in [1.29, 1.82) is 0 Å². The average molecular weight is 1050 g/mol. The molecule has 0 aromatic heterocycles. The van der Waals surface area contributed by atoms with Gasteiger partial charge in [0, 0.05) is 36.3 Å². The SMILES string of the molecule is COc1cc2c(cc1OC)CN(C(=O)[C@@H]1[C@H]3C(=O)O[C@H](c4ccccc4)[C@H](c4ccccc4)N3[C@H](c3ccccc3OCCO)[C@@]13C(=O)N(C(=O)OCc1ccc([N+](=O)[O-])cc1)c1ccc(C#CC4=CCCCC4)cc13)CC2. The Kier molecular flexibility index (Phi) is 14.3. The standard InChI is InChI=1S/C62H56N4O12/c1-74-51-35-44-30-31-63(37-45(44)36-52(51)75-2)58(68)53-55-59(69)78-56(43-18-10-5-11-19-43)54(42-16-8-4-9-17-42)65(55)57(47-20-12-13-21-50(47)76-33-32-67)62(53)48-34-40(23-22-39-14-6-3-7-15-39)26-29-49(48)64(60(62)70)61(71)77-38-41-24-27-46(28-25-41)66(72)73/h4-5,8-14,16-21,24-29,34-36,53-57,67H,3,6-7,15,30-33,37-38H2,1-2H3/t53-,54-,55-,56+,57+,62-/m0/s1. The van der Waals surface area contributed by atoms with E-state index in [9.17, 15) is 15.2 Å². The first-order chi connectivity index (χ1) is 38.0. The highest BCUT2D eigenvalue weighted by Gasteiger charge is 2.76. The van der Waals surface area contributed by atoms with Gasteiger partial charge >= 0.3 is 12.1 Å². The molecule has 0 bridgehead atoms. The summed E-state index contributed by atoms with van der Waals surface area (Å²) in [5.41, 5.74) is 3.39. The van der Waals surface area contributed by atoms with Crippen molar-refractivity contribution in [3.05, 3.63) is 206 Å². The van der Waals surface area contributed by atoms with E-state index in [1.807, 2.05) is 77.7 Å². The van der Waals surface area contributed by atoms with Crippen LogP contribution in [-0.2, 0) is 48.8 Å². The fourth-order valence-corrected chi connectivity index (χ4v) is 12.2. The first-order valence-corrected chi connectivity index (χ1v) is 26.1. The van der Waals surface area contributed by atoms with Gasteiger partial charge in [-0.3, -0.25) is 29.4 Å². The molecule has 6 aromatic carbocycles. The minimum Gasteiger partial charge on any atom is -0.493 e. The van der Waals surface area contributed by atoms with Gasteiger partial charge in [-0.15, -0.1) is 0 Å². The molecule has 1 spiro atoms. The number of hydrogen-bond donors (Lipinski definition) is 1. The Bertz CT molecular complexity index is 3410. The van der Waals surface area contributed by atoms with E-state index in [4.69, 9.17) is 23.7 Å². The molecule has 2 fully saturated rings. The number of aliphatic hydroxyl groups is 1. The van der Waals surface area contributed by atoms with Gasteiger partial charge in [0.05, 0.1) is 49.4 Å². The molecule has 78 heavy (non-hydrogen) atoms. The molecule has 16 nitrogen and oxygen atoms in total. The quantitative estimate of drug-likeness (QED) is 0.0529. The number of methoxy groups -OCH3 is 2. The number of nitro groups is 1. The van der Waals surface area contributed by atoms with Crippen LogP contribution in [0, 0.1) is 27.9 Å². The molecule has 16 heteroatoms. The number of benzene rings is 6. The first-order valence-electron chi connectivity index (χ1n) is 26.1. The van der Waals surface area contributed by atoms with Crippen molar-refractivity contribution in [3.8, 4) is 29.1 Å². The zero-order chi connectivity index (χ0) is 54.1. The number of esters is 1. The Labute approximate surface area is 450 Å². The van der Waals surface area contributed by atoms with E-state index in [1.165, 1.54) is 31.4 Å². The third kappa shape index (κ3) is 9.08. The number of nitrogens with zero attached hydrogens (tertiary/aromatic N) is 4. The number of aliphatic hydroxyl groups excluding tert-OH is 1. The fourth-order valence-electron chi connectivity index (χ4n) is 12.2. The van der Waals surface area contributed by atoms with Gasteiger partial charge in [-0.1, -0.05) is 96.8 Å². The molecule has 6 atom stereocenters. The van der Waals surface area contributed by atoms with E-state index in [2.05, 4.69) is 17.9 Å². The van der Waals surface area contributed by atoms with Gasteiger partial charge in [0.1, 0.15) is 36.5 Å². The van der Waals surface area contributed by atoms with Crippen LogP contribution >= 0.6 is 0 Å². The number of rotatable bonds is 12. The Morgan fingerprint density at radius 1 is 0.795 bits per heavy atom. The number of cyclic esters (lactones) is 1. The molecule has 11 rings (SSSR count). The highest BCUT2D eigenvalue weighted by atomic mass is 16.6. The number of hydrogen-bond acceptors (Lipinski definition) is 13. The first kappa shape index (κ1) is 51.3. The number of anilines is 1. The number of carbonyl (C=O) groups is 4. The van der Waals surface area contributed by atoms with Gasteiger partial charge in [0.25, 0.3) is 5.69 Å². The fraction of sp³-hybridized carbons (Fsp3) is 0.290. The molecular formula is C62H56N4O12. The summed E-state index contributed by atoms with van der Waals surface area (Å²) >= 11 is 0. The zero-order valence-corrected chi connectivity index (χ0v) is 43.0. The maximum Gasteiger partial charge on any atom is 0.421 e. The highest BCUT2D eigenvalue weighted by molar-refractivity contribution is 6.23. The third-order valence-electron chi connectivity index (χ3n) is 15.7. The molecule has 1 aliphatic carbocycles. The molecular weight excluding hydrogens is 993 g/mol. The number of non-ortho nitro benzene ring substituents is 1. The van der Waals surface area contributed by atoms with Gasteiger partial charge < -0.3 is 33.7 Å². The second-order valence-corrected chi connectivity index (χ2v) is 19.9. The predicted octanol–water partition coefficient (Wildman–Crippen LogP) is 9.42. The lowest BCUT2D eigenvalue weighted by Crippen LogP contribution is -2.57. The number of nitro benzene ring substituents is 1. The summed E-state index contributed by atoms with van der Waals surface area (Å²) in [6.07, 6.45) is 4.20. The molecule has 396 valence electrons. The Hall–Kier alpha value is -8.78. The van der Waals surface area contributed by atoms with Crippen LogP contribution in [-0.4, -0.2) is 83.7 Å². The monoisotopic (exact) mass is 1050 g/mol. The number of morpholine rings is 1. The third-order valence-corrected chi connectivity index (χ3v) is 15.7. The zero-order valence-electron chi connectivity index (χ0n) is 43.0. The van der Waals surface area contributed by atoms with Crippen LogP contribution in [0.15, 0.2) is 151 Å². The lowest BCUT2D eigenvalue weighted by atomic mass is 9.64. The summed E-state index contributed by atoms with van der Waals surface area (Å²) in [4.78, 5) is 80.3. The van der Waals surface area contributed by atoms with E-state index in [-0.39, 0.29) is 55.6 Å². The number of allylic oxidation sites excluding steroid dienone is 2. The Balaban J connectivity index is 1.18. The summed E-state index contributed by atoms with van der Waals surface area (Å²) in [6.45, 7) is -0.603. The van der Waals surface area contributed by atoms with Crippen molar-refractivity contribution in [3.63, 3.8) is 0 Å². The summed E-state index contributed by atoms with van der Waals surface area (Å²) < 4.78 is 30.5. The number of ether oxygens (including phenoxy) is 5. The van der Waals surface area contributed by atoms with Gasteiger partial charge in [-0.25, -0.2) is 9.69 Å². The minimum absolute atomic E-state index is 0.0706. The van der Waals surface area contributed by atoms with Crippen LogP contribution < -0.4 is 19.1 Å². The minimum atomic E-state index is -2.17. The summed E-state index contributed by atoms with van der Waals surface area (Å²) in [5, 5.41) is 21.8. The second kappa shape index (κ2) is 21.7. The molecule has 2 saturated heterocycles. The summed E-state index contributed by atoms with van der Waals surface area (Å²) in [5.74, 6) is 4.21. The molecule has 3 amide bonds. The summed E-state index contributed by atoms with van der Waals surface area (Å²) in [6, 6.07) is 36.6. The van der Waals surface area contributed by atoms with Crippen LogP contribution in [0.2, 0.25) is 0 Å². The lowest BCUT2D eigenvalue weighted by molar-refractivity contribution is -0.384.